The van der Waals surface area contributed by atoms with Crippen LogP contribution in [0.5, 0.6) is 0 Å². The average molecular weight is 276 g/mol. The number of benzene rings is 1. The third-order valence-corrected chi connectivity index (χ3v) is 4.12. The van der Waals surface area contributed by atoms with Gasteiger partial charge < -0.3 is 15.4 Å². The first-order valence-electron chi connectivity index (χ1n) is 7.94. The summed E-state index contributed by atoms with van der Waals surface area (Å²) in [5, 5.41) is 0. The van der Waals surface area contributed by atoms with Gasteiger partial charge in [0.2, 0.25) is 0 Å². The van der Waals surface area contributed by atoms with E-state index in [0.29, 0.717) is 6.10 Å². The molecule has 3 nitrogen and oxygen atoms in total. The Labute approximate surface area is 123 Å². The summed E-state index contributed by atoms with van der Waals surface area (Å²) in [4.78, 5) is 2.47. The van der Waals surface area contributed by atoms with Gasteiger partial charge in [-0.05, 0) is 44.2 Å². The van der Waals surface area contributed by atoms with E-state index in [2.05, 4.69) is 43.0 Å². The molecule has 0 radical (unpaired) electrons. The topological polar surface area (TPSA) is 38.5 Å². The number of anilines is 1. The molecule has 2 atom stereocenters. The normalized spacial score (nSPS) is 20.9. The van der Waals surface area contributed by atoms with Crippen LogP contribution in [-0.4, -0.2) is 31.8 Å². The molecule has 0 aliphatic carbocycles. The lowest BCUT2D eigenvalue weighted by Gasteiger charge is -2.35. The van der Waals surface area contributed by atoms with E-state index >= 15 is 0 Å². The van der Waals surface area contributed by atoms with Crippen LogP contribution in [0.1, 0.15) is 38.7 Å². The monoisotopic (exact) mass is 276 g/mol. The van der Waals surface area contributed by atoms with Gasteiger partial charge >= 0.3 is 0 Å². The molecule has 1 aromatic rings. The van der Waals surface area contributed by atoms with E-state index in [1.54, 1.807) is 0 Å². The zero-order chi connectivity index (χ0) is 14.4. The Kier molecular flexibility index (Phi) is 5.86. The molecule has 20 heavy (non-hydrogen) atoms. The lowest BCUT2D eigenvalue weighted by molar-refractivity contribution is 0.0526. The Morgan fingerprint density at radius 2 is 2.15 bits per heavy atom. The van der Waals surface area contributed by atoms with Crippen LogP contribution in [0.15, 0.2) is 24.3 Å². The van der Waals surface area contributed by atoms with Crippen LogP contribution in [0.4, 0.5) is 5.69 Å². The molecule has 1 aliphatic heterocycles. The molecule has 0 spiro atoms. The van der Waals surface area contributed by atoms with Crippen LogP contribution < -0.4 is 10.6 Å². The minimum atomic E-state index is 0.253. The number of hydrogen-bond acceptors (Lipinski definition) is 3. The summed E-state index contributed by atoms with van der Waals surface area (Å²) in [7, 11) is 0. The summed E-state index contributed by atoms with van der Waals surface area (Å²) >= 11 is 0. The Bertz CT molecular complexity index is 406. The molecule has 112 valence electrons. The lowest BCUT2D eigenvalue weighted by atomic mass is 10.00. The Morgan fingerprint density at radius 3 is 2.90 bits per heavy atom. The molecule has 0 amide bonds. The molecule has 0 aromatic heterocycles. The molecule has 2 N–H and O–H groups in total. The van der Waals surface area contributed by atoms with E-state index in [-0.39, 0.29) is 6.04 Å². The predicted molar refractivity (Wildman–Crippen MR) is 85.3 cm³/mol. The molecule has 0 saturated carbocycles. The quantitative estimate of drug-likeness (QED) is 0.868. The maximum absolute atomic E-state index is 6.14. The van der Waals surface area contributed by atoms with Crippen molar-refractivity contribution in [3.05, 3.63) is 29.8 Å². The first-order valence-corrected chi connectivity index (χ1v) is 7.94. The molecule has 1 aliphatic rings. The van der Waals surface area contributed by atoms with E-state index in [1.807, 2.05) is 0 Å². The molecule has 2 unspecified atom stereocenters. The van der Waals surface area contributed by atoms with Gasteiger partial charge in [0.25, 0.3) is 0 Å². The number of ether oxygens (including phenoxy) is 1. The molecule has 3 heteroatoms. The van der Waals surface area contributed by atoms with Gasteiger partial charge in [0.15, 0.2) is 0 Å². The van der Waals surface area contributed by atoms with Crippen LogP contribution in [0.2, 0.25) is 0 Å². The van der Waals surface area contributed by atoms with Crippen molar-refractivity contribution in [3.63, 3.8) is 0 Å². The second-order valence-electron chi connectivity index (χ2n) is 5.67. The maximum atomic E-state index is 6.14. The second-order valence-corrected chi connectivity index (χ2v) is 5.67. The lowest BCUT2D eigenvalue weighted by Crippen LogP contribution is -2.40. The molecule has 1 saturated heterocycles. The first-order chi connectivity index (χ1) is 9.74. The van der Waals surface area contributed by atoms with Gasteiger partial charge in [0.1, 0.15) is 0 Å². The highest BCUT2D eigenvalue weighted by molar-refractivity contribution is 5.54. The molecular formula is C17H28N2O. The van der Waals surface area contributed by atoms with E-state index < -0.39 is 0 Å². The highest BCUT2D eigenvalue weighted by Gasteiger charge is 2.22. The third-order valence-electron chi connectivity index (χ3n) is 4.12. The number of hydrogen-bond donors (Lipinski definition) is 1. The Balaban J connectivity index is 2.10. The summed E-state index contributed by atoms with van der Waals surface area (Å²) in [6.07, 6.45) is 4.75. The van der Waals surface area contributed by atoms with Crippen LogP contribution in [0.3, 0.4) is 0 Å². The van der Waals surface area contributed by atoms with Crippen molar-refractivity contribution in [2.45, 2.75) is 51.7 Å². The van der Waals surface area contributed by atoms with Crippen molar-refractivity contribution in [1.29, 1.82) is 0 Å². The Hall–Kier alpha value is -1.06. The van der Waals surface area contributed by atoms with E-state index in [9.17, 15) is 0 Å². The SMILES string of the molecule is CCOC1CCCN(c2ccccc2CC(N)CC)C1. The largest absolute Gasteiger partial charge is 0.377 e. The third kappa shape index (κ3) is 3.97. The van der Waals surface area contributed by atoms with Crippen molar-refractivity contribution in [2.24, 2.45) is 5.73 Å². The summed E-state index contributed by atoms with van der Waals surface area (Å²) < 4.78 is 5.81. The second kappa shape index (κ2) is 7.65. The van der Waals surface area contributed by atoms with Crippen molar-refractivity contribution >= 4 is 5.69 Å². The average Bonchev–Trinajstić information content (AvgIpc) is 2.48. The van der Waals surface area contributed by atoms with Crippen molar-refractivity contribution in [2.75, 3.05) is 24.6 Å². The molecule has 0 bridgehead atoms. The number of nitrogens with two attached hydrogens (primary N) is 1. The molecule has 2 rings (SSSR count). The van der Waals surface area contributed by atoms with E-state index in [1.165, 1.54) is 24.1 Å². The highest BCUT2D eigenvalue weighted by Crippen LogP contribution is 2.26. The van der Waals surface area contributed by atoms with Crippen molar-refractivity contribution < 1.29 is 4.74 Å². The van der Waals surface area contributed by atoms with Gasteiger partial charge in [-0.15, -0.1) is 0 Å². The molecule has 1 aromatic carbocycles. The van der Waals surface area contributed by atoms with Gasteiger partial charge in [-0.3, -0.25) is 0 Å². The minimum Gasteiger partial charge on any atom is -0.377 e. The fourth-order valence-corrected chi connectivity index (χ4v) is 2.95. The zero-order valence-electron chi connectivity index (χ0n) is 12.8. The smallest absolute Gasteiger partial charge is 0.0750 e. The van der Waals surface area contributed by atoms with Crippen LogP contribution in [-0.2, 0) is 11.2 Å². The Morgan fingerprint density at radius 1 is 1.35 bits per heavy atom. The fourth-order valence-electron chi connectivity index (χ4n) is 2.95. The number of piperidine rings is 1. The van der Waals surface area contributed by atoms with Crippen molar-refractivity contribution in [3.8, 4) is 0 Å². The zero-order valence-corrected chi connectivity index (χ0v) is 12.8. The number of para-hydroxylation sites is 1. The summed E-state index contributed by atoms with van der Waals surface area (Å²) in [5.41, 5.74) is 8.86. The molecule has 1 heterocycles. The van der Waals surface area contributed by atoms with Crippen molar-refractivity contribution in [1.82, 2.24) is 0 Å². The summed E-state index contributed by atoms with van der Waals surface area (Å²) in [6, 6.07) is 8.94. The van der Waals surface area contributed by atoms with Crippen LogP contribution in [0.25, 0.3) is 0 Å². The van der Waals surface area contributed by atoms with E-state index in [0.717, 1.165) is 32.5 Å². The highest BCUT2D eigenvalue weighted by atomic mass is 16.5. The van der Waals surface area contributed by atoms with Crippen LogP contribution >= 0.6 is 0 Å². The maximum Gasteiger partial charge on any atom is 0.0750 e. The van der Waals surface area contributed by atoms with E-state index in [4.69, 9.17) is 10.5 Å². The van der Waals surface area contributed by atoms with Gasteiger partial charge in [-0.2, -0.15) is 0 Å². The number of nitrogens with zero attached hydrogens (tertiary/aromatic N) is 1. The number of rotatable bonds is 6. The standard InChI is InChI=1S/C17H28N2O/c1-3-15(18)12-14-8-5-6-10-17(14)19-11-7-9-16(13-19)20-4-2/h5-6,8,10,15-16H,3-4,7,9,11-13,18H2,1-2H3. The van der Waals surface area contributed by atoms with Gasteiger partial charge in [0.05, 0.1) is 6.10 Å². The molecule has 1 fully saturated rings. The van der Waals surface area contributed by atoms with Gasteiger partial charge in [0, 0.05) is 31.4 Å². The van der Waals surface area contributed by atoms with Gasteiger partial charge in [-0.25, -0.2) is 0 Å². The summed E-state index contributed by atoms with van der Waals surface area (Å²) in [5.74, 6) is 0. The molecular weight excluding hydrogens is 248 g/mol. The van der Waals surface area contributed by atoms with Crippen LogP contribution in [0, 0.1) is 0 Å². The minimum absolute atomic E-state index is 0.253. The summed E-state index contributed by atoms with van der Waals surface area (Å²) in [6.45, 7) is 7.17. The fraction of sp³-hybridized carbons (Fsp3) is 0.647. The first kappa shape index (κ1) is 15.3. The predicted octanol–water partition coefficient (Wildman–Crippen LogP) is 2.97. The van der Waals surface area contributed by atoms with Gasteiger partial charge in [-0.1, -0.05) is 25.1 Å².